The van der Waals surface area contributed by atoms with Gasteiger partial charge in [0.25, 0.3) is 0 Å². The lowest BCUT2D eigenvalue weighted by molar-refractivity contribution is -0.140. The van der Waals surface area contributed by atoms with Crippen LogP contribution in [0.25, 0.3) is 0 Å². The third kappa shape index (κ3) is 4.12. The highest BCUT2D eigenvalue weighted by Crippen LogP contribution is 2.24. The molecule has 0 aliphatic carbocycles. The number of carbonyl (C=O) groups is 2. The molecule has 4 nitrogen and oxygen atoms in total. The molecule has 2 fully saturated rings. The molecular weight excluding hydrogens is 288 g/mol. The molecule has 1 aromatic rings. The van der Waals surface area contributed by atoms with E-state index in [1.165, 1.54) is 0 Å². The van der Waals surface area contributed by atoms with E-state index in [4.69, 9.17) is 0 Å². The second-order valence-corrected chi connectivity index (χ2v) is 6.73. The monoisotopic (exact) mass is 314 g/mol. The fraction of sp³-hybridized carbons (Fsp3) is 0.579. The van der Waals surface area contributed by atoms with Crippen molar-refractivity contribution in [1.29, 1.82) is 0 Å². The van der Waals surface area contributed by atoms with E-state index in [0.29, 0.717) is 13.0 Å². The molecule has 0 aromatic heterocycles. The first-order valence-electron chi connectivity index (χ1n) is 8.84. The summed E-state index contributed by atoms with van der Waals surface area (Å²) in [5.74, 6) is 0.204. The summed E-state index contributed by atoms with van der Waals surface area (Å²) in [6.07, 6.45) is 5.52. The summed E-state index contributed by atoms with van der Waals surface area (Å²) in [4.78, 5) is 29.1. The minimum atomic E-state index is -0.130. The SMILES string of the molecule is O=C(CC1CCCCN(Cc2ccccc2)C1=O)N1CCCC1. The lowest BCUT2D eigenvalue weighted by Crippen LogP contribution is -2.37. The van der Waals surface area contributed by atoms with Gasteiger partial charge in [-0.1, -0.05) is 36.8 Å². The first kappa shape index (κ1) is 16.0. The number of nitrogens with zero attached hydrogens (tertiary/aromatic N) is 2. The molecule has 2 aliphatic heterocycles. The van der Waals surface area contributed by atoms with Crippen LogP contribution in [0, 0.1) is 5.92 Å². The van der Waals surface area contributed by atoms with Crippen LogP contribution in [0.15, 0.2) is 30.3 Å². The summed E-state index contributed by atoms with van der Waals surface area (Å²) in [6.45, 7) is 3.21. The molecule has 0 bridgehead atoms. The Morgan fingerprint density at radius 2 is 1.70 bits per heavy atom. The Morgan fingerprint density at radius 3 is 2.43 bits per heavy atom. The van der Waals surface area contributed by atoms with Gasteiger partial charge in [0.2, 0.25) is 11.8 Å². The first-order chi connectivity index (χ1) is 11.2. The summed E-state index contributed by atoms with van der Waals surface area (Å²) in [6, 6.07) is 10.1. The summed E-state index contributed by atoms with van der Waals surface area (Å²) >= 11 is 0. The van der Waals surface area contributed by atoms with Crippen LogP contribution in [0.1, 0.15) is 44.1 Å². The van der Waals surface area contributed by atoms with Crippen LogP contribution >= 0.6 is 0 Å². The molecule has 2 heterocycles. The molecule has 2 saturated heterocycles. The maximum Gasteiger partial charge on any atom is 0.226 e. The molecule has 4 heteroatoms. The number of hydrogen-bond donors (Lipinski definition) is 0. The molecule has 0 N–H and O–H groups in total. The van der Waals surface area contributed by atoms with Crippen molar-refractivity contribution in [2.75, 3.05) is 19.6 Å². The van der Waals surface area contributed by atoms with Gasteiger partial charge >= 0.3 is 0 Å². The number of hydrogen-bond acceptors (Lipinski definition) is 2. The van der Waals surface area contributed by atoms with Crippen molar-refractivity contribution >= 4 is 11.8 Å². The maximum atomic E-state index is 12.9. The van der Waals surface area contributed by atoms with Gasteiger partial charge in [0, 0.05) is 38.5 Å². The fourth-order valence-electron chi connectivity index (χ4n) is 3.64. The lowest BCUT2D eigenvalue weighted by Gasteiger charge is -2.25. The van der Waals surface area contributed by atoms with Crippen LogP contribution < -0.4 is 0 Å². The molecule has 0 spiro atoms. The Morgan fingerprint density at radius 1 is 1.00 bits per heavy atom. The minimum absolute atomic E-state index is 0.130. The van der Waals surface area contributed by atoms with Gasteiger partial charge in [-0.15, -0.1) is 0 Å². The molecule has 1 aromatic carbocycles. The third-order valence-corrected chi connectivity index (χ3v) is 4.99. The third-order valence-electron chi connectivity index (χ3n) is 4.99. The van der Waals surface area contributed by atoms with Crippen molar-refractivity contribution in [3.05, 3.63) is 35.9 Å². The largest absolute Gasteiger partial charge is 0.343 e. The highest BCUT2D eigenvalue weighted by Gasteiger charge is 2.30. The number of likely N-dealkylation sites (tertiary alicyclic amines) is 2. The molecule has 23 heavy (non-hydrogen) atoms. The standard InChI is InChI=1S/C19H26N2O2/c22-18(20-11-6-7-12-20)14-17-10-4-5-13-21(19(17)23)15-16-8-2-1-3-9-16/h1-3,8-9,17H,4-7,10-15H2. The molecule has 1 unspecified atom stereocenters. The average Bonchev–Trinajstić information content (AvgIpc) is 3.06. The Kier molecular flexibility index (Phi) is 5.31. The number of benzene rings is 1. The number of amides is 2. The van der Waals surface area contributed by atoms with E-state index < -0.39 is 0 Å². The van der Waals surface area contributed by atoms with Crippen molar-refractivity contribution in [2.24, 2.45) is 5.92 Å². The van der Waals surface area contributed by atoms with Crippen molar-refractivity contribution in [1.82, 2.24) is 9.80 Å². The average molecular weight is 314 g/mol. The van der Waals surface area contributed by atoms with Crippen LogP contribution in [-0.2, 0) is 16.1 Å². The van der Waals surface area contributed by atoms with Gasteiger partial charge in [0.1, 0.15) is 0 Å². The van der Waals surface area contributed by atoms with E-state index in [1.54, 1.807) is 0 Å². The van der Waals surface area contributed by atoms with E-state index in [1.807, 2.05) is 28.0 Å². The molecule has 124 valence electrons. The predicted molar refractivity (Wildman–Crippen MR) is 89.6 cm³/mol. The van der Waals surface area contributed by atoms with Gasteiger partial charge in [-0.2, -0.15) is 0 Å². The van der Waals surface area contributed by atoms with Gasteiger partial charge in [0.05, 0.1) is 0 Å². The summed E-state index contributed by atoms with van der Waals surface area (Å²) in [5.41, 5.74) is 1.16. The topological polar surface area (TPSA) is 40.6 Å². The quantitative estimate of drug-likeness (QED) is 0.857. The van der Waals surface area contributed by atoms with Gasteiger partial charge in [-0.25, -0.2) is 0 Å². The van der Waals surface area contributed by atoms with E-state index in [0.717, 1.165) is 57.3 Å². The van der Waals surface area contributed by atoms with Gasteiger partial charge < -0.3 is 9.80 Å². The van der Waals surface area contributed by atoms with Crippen LogP contribution in [0.2, 0.25) is 0 Å². The summed E-state index contributed by atoms with van der Waals surface area (Å²) < 4.78 is 0. The Hall–Kier alpha value is -1.84. The lowest BCUT2D eigenvalue weighted by atomic mass is 9.97. The molecule has 0 saturated carbocycles. The highest BCUT2D eigenvalue weighted by molar-refractivity contribution is 5.86. The van der Waals surface area contributed by atoms with Gasteiger partial charge in [-0.3, -0.25) is 9.59 Å². The molecule has 0 radical (unpaired) electrons. The van der Waals surface area contributed by atoms with Crippen molar-refractivity contribution in [2.45, 2.75) is 45.1 Å². The normalized spacial score (nSPS) is 22.3. The summed E-state index contributed by atoms with van der Waals surface area (Å²) in [5, 5.41) is 0. The second kappa shape index (κ2) is 7.62. The van der Waals surface area contributed by atoms with Crippen LogP contribution in [-0.4, -0.2) is 41.2 Å². The Labute approximate surface area is 138 Å². The zero-order chi connectivity index (χ0) is 16.1. The minimum Gasteiger partial charge on any atom is -0.343 e. The van der Waals surface area contributed by atoms with Crippen molar-refractivity contribution in [3.8, 4) is 0 Å². The van der Waals surface area contributed by atoms with E-state index in [2.05, 4.69) is 12.1 Å². The Bertz CT molecular complexity index is 538. The van der Waals surface area contributed by atoms with Crippen LogP contribution in [0.4, 0.5) is 0 Å². The van der Waals surface area contributed by atoms with Crippen molar-refractivity contribution in [3.63, 3.8) is 0 Å². The maximum absolute atomic E-state index is 12.9. The van der Waals surface area contributed by atoms with Gasteiger partial charge in [-0.05, 0) is 31.2 Å². The van der Waals surface area contributed by atoms with E-state index in [9.17, 15) is 9.59 Å². The zero-order valence-corrected chi connectivity index (χ0v) is 13.7. The molecule has 3 rings (SSSR count). The van der Waals surface area contributed by atoms with Crippen LogP contribution in [0.3, 0.4) is 0 Å². The molecule has 1 atom stereocenters. The van der Waals surface area contributed by atoms with E-state index >= 15 is 0 Å². The Balaban J connectivity index is 1.63. The molecule has 2 amide bonds. The second-order valence-electron chi connectivity index (χ2n) is 6.73. The molecular formula is C19H26N2O2. The van der Waals surface area contributed by atoms with E-state index in [-0.39, 0.29) is 17.7 Å². The zero-order valence-electron chi connectivity index (χ0n) is 13.7. The smallest absolute Gasteiger partial charge is 0.226 e. The molecule has 2 aliphatic rings. The predicted octanol–water partition coefficient (Wildman–Crippen LogP) is 2.83. The number of carbonyl (C=O) groups excluding carboxylic acids is 2. The first-order valence-corrected chi connectivity index (χ1v) is 8.84. The fourth-order valence-corrected chi connectivity index (χ4v) is 3.64. The van der Waals surface area contributed by atoms with Crippen LogP contribution in [0.5, 0.6) is 0 Å². The summed E-state index contributed by atoms with van der Waals surface area (Å²) in [7, 11) is 0. The van der Waals surface area contributed by atoms with Crippen molar-refractivity contribution < 1.29 is 9.59 Å². The number of rotatable bonds is 4. The van der Waals surface area contributed by atoms with Gasteiger partial charge in [0.15, 0.2) is 0 Å². The highest BCUT2D eigenvalue weighted by atomic mass is 16.2.